The van der Waals surface area contributed by atoms with Gasteiger partial charge in [0, 0.05) is 12.3 Å². The van der Waals surface area contributed by atoms with E-state index >= 15 is 0 Å². The average molecular weight is 256 g/mol. The molecule has 1 aliphatic carbocycles. The lowest BCUT2D eigenvalue weighted by Gasteiger charge is -2.30. The maximum Gasteiger partial charge on any atom is 0.0655 e. The van der Waals surface area contributed by atoms with Gasteiger partial charge in [0.2, 0.25) is 0 Å². The molecule has 19 heavy (non-hydrogen) atoms. The average Bonchev–Trinajstić information content (AvgIpc) is 2.39. The number of fused-ring (bicyclic) bond motifs is 1. The van der Waals surface area contributed by atoms with Crippen molar-refractivity contribution >= 4 is 11.4 Å². The van der Waals surface area contributed by atoms with Gasteiger partial charge in [0.1, 0.15) is 0 Å². The highest BCUT2D eigenvalue weighted by Crippen LogP contribution is 2.32. The van der Waals surface area contributed by atoms with Gasteiger partial charge in [-0.1, -0.05) is 24.1 Å². The van der Waals surface area contributed by atoms with E-state index in [2.05, 4.69) is 31.0 Å². The summed E-state index contributed by atoms with van der Waals surface area (Å²) in [5, 5.41) is 7.26. The Morgan fingerprint density at radius 1 is 0.947 bits per heavy atom. The van der Waals surface area contributed by atoms with Crippen LogP contribution in [-0.2, 0) is 6.42 Å². The maximum absolute atomic E-state index is 4.98. The van der Waals surface area contributed by atoms with Crippen LogP contribution < -0.4 is 5.01 Å². The molecule has 0 unspecified atom stereocenters. The Balaban J connectivity index is 1.93. The van der Waals surface area contributed by atoms with Gasteiger partial charge in [-0.3, -0.25) is 5.01 Å². The minimum atomic E-state index is 1.08. The van der Waals surface area contributed by atoms with Gasteiger partial charge in [-0.25, -0.2) is 0 Å². The molecule has 1 fully saturated rings. The molecule has 2 aliphatic rings. The molecule has 1 aromatic carbocycles. The van der Waals surface area contributed by atoms with Gasteiger partial charge >= 0.3 is 0 Å². The first-order chi connectivity index (χ1) is 9.24. The second kappa shape index (κ2) is 5.36. The van der Waals surface area contributed by atoms with E-state index in [9.17, 15) is 0 Å². The number of benzene rings is 1. The summed E-state index contributed by atoms with van der Waals surface area (Å²) in [5.41, 5.74) is 7.05. The van der Waals surface area contributed by atoms with Crippen LogP contribution in [0.1, 0.15) is 55.2 Å². The smallest absolute Gasteiger partial charge is 0.0655 e. The van der Waals surface area contributed by atoms with Crippen molar-refractivity contribution in [3.05, 3.63) is 28.8 Å². The molecule has 0 bridgehead atoms. The van der Waals surface area contributed by atoms with Crippen molar-refractivity contribution in [1.82, 2.24) is 0 Å². The summed E-state index contributed by atoms with van der Waals surface area (Å²) >= 11 is 0. The molecular formula is C17H24N2. The Kier molecular flexibility index (Phi) is 3.58. The van der Waals surface area contributed by atoms with Crippen molar-refractivity contribution in [2.45, 2.75) is 58.8 Å². The number of anilines is 1. The lowest BCUT2D eigenvalue weighted by Crippen LogP contribution is -2.27. The van der Waals surface area contributed by atoms with Gasteiger partial charge in [0.15, 0.2) is 0 Å². The largest absolute Gasteiger partial charge is 0.265 e. The summed E-state index contributed by atoms with van der Waals surface area (Å²) in [6, 6.07) is 4.63. The highest BCUT2D eigenvalue weighted by Gasteiger charge is 2.20. The Labute approximate surface area is 116 Å². The van der Waals surface area contributed by atoms with Gasteiger partial charge < -0.3 is 0 Å². The third-order valence-corrected chi connectivity index (χ3v) is 4.29. The predicted octanol–water partition coefficient (Wildman–Crippen LogP) is 4.38. The van der Waals surface area contributed by atoms with E-state index in [4.69, 9.17) is 5.10 Å². The normalized spacial score (nSPS) is 19.3. The van der Waals surface area contributed by atoms with Crippen molar-refractivity contribution in [2.24, 2.45) is 5.10 Å². The number of hydrazone groups is 1. The van der Waals surface area contributed by atoms with Gasteiger partial charge in [-0.2, -0.15) is 5.10 Å². The summed E-state index contributed by atoms with van der Waals surface area (Å²) in [6.45, 7) is 5.50. The molecule has 1 aliphatic heterocycles. The standard InChI is InChI=1S/C17H24N2/c1-13-11-14(2)17-15(12-13)7-6-10-19(17)18-16-8-4-3-5-9-16/h11-12H,3-10H2,1-2H3. The number of rotatable bonds is 1. The molecule has 2 heteroatoms. The molecular weight excluding hydrogens is 232 g/mol. The van der Waals surface area contributed by atoms with Crippen LogP contribution in [0.4, 0.5) is 5.69 Å². The van der Waals surface area contributed by atoms with Crippen molar-refractivity contribution in [1.29, 1.82) is 0 Å². The van der Waals surface area contributed by atoms with E-state index in [-0.39, 0.29) is 0 Å². The van der Waals surface area contributed by atoms with Crippen LogP contribution in [0.25, 0.3) is 0 Å². The van der Waals surface area contributed by atoms with Crippen LogP contribution in [0.15, 0.2) is 17.2 Å². The zero-order valence-corrected chi connectivity index (χ0v) is 12.2. The first kappa shape index (κ1) is 12.7. The Bertz CT molecular complexity index is 494. The lowest BCUT2D eigenvalue weighted by atomic mass is 9.96. The molecule has 2 nitrogen and oxygen atoms in total. The van der Waals surface area contributed by atoms with E-state index in [1.54, 1.807) is 0 Å². The van der Waals surface area contributed by atoms with Gasteiger partial charge in [0.05, 0.1) is 5.69 Å². The second-order valence-electron chi connectivity index (χ2n) is 6.04. The van der Waals surface area contributed by atoms with Crippen LogP contribution in [0.2, 0.25) is 0 Å². The maximum atomic E-state index is 4.98. The molecule has 0 aromatic heterocycles. The minimum absolute atomic E-state index is 1.08. The monoisotopic (exact) mass is 256 g/mol. The number of nitrogens with zero attached hydrogens (tertiary/aromatic N) is 2. The lowest BCUT2D eigenvalue weighted by molar-refractivity contribution is 0.651. The Morgan fingerprint density at radius 3 is 2.53 bits per heavy atom. The highest BCUT2D eigenvalue weighted by molar-refractivity contribution is 5.86. The van der Waals surface area contributed by atoms with Crippen LogP contribution in [0, 0.1) is 13.8 Å². The third-order valence-electron chi connectivity index (χ3n) is 4.29. The predicted molar refractivity (Wildman–Crippen MR) is 82.1 cm³/mol. The molecule has 1 aromatic rings. The molecule has 0 radical (unpaired) electrons. The summed E-state index contributed by atoms with van der Waals surface area (Å²) in [4.78, 5) is 0. The third kappa shape index (κ3) is 2.68. The topological polar surface area (TPSA) is 15.6 Å². The Hall–Kier alpha value is -1.31. The zero-order chi connectivity index (χ0) is 13.2. The molecule has 1 heterocycles. The molecule has 0 saturated heterocycles. The number of hydrogen-bond acceptors (Lipinski definition) is 2. The van der Waals surface area contributed by atoms with E-state index in [0.717, 1.165) is 6.54 Å². The van der Waals surface area contributed by atoms with Crippen molar-refractivity contribution < 1.29 is 0 Å². The molecule has 0 atom stereocenters. The summed E-state index contributed by atoms with van der Waals surface area (Å²) in [7, 11) is 0. The fourth-order valence-corrected chi connectivity index (χ4v) is 3.47. The van der Waals surface area contributed by atoms with Crippen LogP contribution in [0.5, 0.6) is 0 Å². The van der Waals surface area contributed by atoms with Crippen LogP contribution in [-0.4, -0.2) is 12.3 Å². The van der Waals surface area contributed by atoms with Gasteiger partial charge in [0.25, 0.3) is 0 Å². The fourth-order valence-electron chi connectivity index (χ4n) is 3.47. The van der Waals surface area contributed by atoms with Crippen LogP contribution >= 0.6 is 0 Å². The second-order valence-corrected chi connectivity index (χ2v) is 6.04. The molecule has 0 N–H and O–H groups in total. The van der Waals surface area contributed by atoms with E-state index < -0.39 is 0 Å². The fraction of sp³-hybridized carbons (Fsp3) is 0.588. The molecule has 102 valence electrons. The SMILES string of the molecule is Cc1cc(C)c2c(c1)CCCN2N=C1CCCCC1. The minimum Gasteiger partial charge on any atom is -0.265 e. The Morgan fingerprint density at radius 2 is 1.74 bits per heavy atom. The van der Waals surface area contributed by atoms with E-state index in [1.807, 2.05) is 0 Å². The first-order valence-electron chi connectivity index (χ1n) is 7.68. The molecule has 0 amide bonds. The van der Waals surface area contributed by atoms with Crippen LogP contribution in [0.3, 0.4) is 0 Å². The van der Waals surface area contributed by atoms with Gasteiger partial charge in [-0.15, -0.1) is 0 Å². The summed E-state index contributed by atoms with van der Waals surface area (Å²) in [5.74, 6) is 0. The van der Waals surface area contributed by atoms with Crippen molar-refractivity contribution in [3.63, 3.8) is 0 Å². The molecule has 1 saturated carbocycles. The first-order valence-corrected chi connectivity index (χ1v) is 7.68. The van der Waals surface area contributed by atoms with Gasteiger partial charge in [-0.05, 0) is 63.5 Å². The summed E-state index contributed by atoms with van der Waals surface area (Å²) in [6.07, 6.45) is 8.88. The highest BCUT2D eigenvalue weighted by atomic mass is 15.5. The number of aryl methyl sites for hydroxylation is 3. The molecule has 0 spiro atoms. The molecule has 3 rings (SSSR count). The van der Waals surface area contributed by atoms with Crippen molar-refractivity contribution in [2.75, 3.05) is 11.6 Å². The number of hydrogen-bond donors (Lipinski definition) is 0. The van der Waals surface area contributed by atoms with E-state index in [1.165, 1.54) is 73.0 Å². The van der Waals surface area contributed by atoms with Crippen molar-refractivity contribution in [3.8, 4) is 0 Å². The summed E-state index contributed by atoms with van der Waals surface area (Å²) < 4.78 is 0. The zero-order valence-electron chi connectivity index (χ0n) is 12.2. The van der Waals surface area contributed by atoms with E-state index in [0.29, 0.717) is 0 Å². The quantitative estimate of drug-likeness (QED) is 0.728.